The van der Waals surface area contributed by atoms with Crippen LogP contribution in [0.25, 0.3) is 0 Å². The molecule has 2 aromatic rings. The van der Waals surface area contributed by atoms with E-state index in [0.717, 1.165) is 23.3 Å². The van der Waals surface area contributed by atoms with E-state index < -0.39 is 0 Å². The number of hydrogen-bond acceptors (Lipinski definition) is 7. The van der Waals surface area contributed by atoms with Crippen molar-refractivity contribution in [2.45, 2.75) is 31.7 Å². The third kappa shape index (κ3) is 4.90. The summed E-state index contributed by atoms with van der Waals surface area (Å²) in [7, 11) is 0. The number of terminal acetylenes is 1. The van der Waals surface area contributed by atoms with Crippen LogP contribution in [0.3, 0.4) is 0 Å². The molecule has 2 N–H and O–H groups in total. The number of ether oxygens (including phenoxy) is 1. The minimum atomic E-state index is -0.356. The molecule has 1 aromatic heterocycles. The standard InChI is InChI=1S/C21H22N4O2S/c1-3-4-9-27-19-14-23-17(13-24-19)18(26)12-15-6-5-7-16(11-15)21(2)8-10-28-20(22)25-21/h1,5-7,11,13-14H,4,8-10,12H2,2H3,(H2,22,25)/t21-/m0/s1. The summed E-state index contributed by atoms with van der Waals surface area (Å²) in [6.07, 6.45) is 9.69. The largest absolute Gasteiger partial charge is 0.476 e. The van der Waals surface area contributed by atoms with Crippen molar-refractivity contribution in [1.29, 1.82) is 0 Å². The summed E-state index contributed by atoms with van der Waals surface area (Å²) in [5, 5.41) is 0.607. The zero-order chi connectivity index (χ0) is 20.0. The molecule has 1 atom stereocenters. The molecule has 1 aliphatic heterocycles. The van der Waals surface area contributed by atoms with Gasteiger partial charge in [-0.1, -0.05) is 36.0 Å². The number of nitrogens with two attached hydrogens (primary N) is 1. The van der Waals surface area contributed by atoms with Gasteiger partial charge in [0.15, 0.2) is 11.0 Å². The van der Waals surface area contributed by atoms with Crippen LogP contribution in [0.1, 0.15) is 41.4 Å². The molecule has 6 nitrogen and oxygen atoms in total. The van der Waals surface area contributed by atoms with Gasteiger partial charge in [-0.25, -0.2) is 9.97 Å². The molecule has 0 amide bonds. The van der Waals surface area contributed by atoms with Crippen LogP contribution in [-0.4, -0.2) is 33.3 Å². The average molecular weight is 395 g/mol. The second-order valence-corrected chi connectivity index (χ2v) is 7.78. The Balaban J connectivity index is 1.69. The lowest BCUT2D eigenvalue weighted by atomic mass is 9.88. The number of hydrogen-bond donors (Lipinski definition) is 1. The lowest BCUT2D eigenvalue weighted by molar-refractivity contribution is 0.0987. The van der Waals surface area contributed by atoms with Crippen LogP contribution in [0, 0.1) is 12.3 Å². The maximum Gasteiger partial charge on any atom is 0.232 e. The fourth-order valence-corrected chi connectivity index (χ4v) is 3.91. The van der Waals surface area contributed by atoms with E-state index in [2.05, 4.69) is 27.8 Å². The van der Waals surface area contributed by atoms with Crippen molar-refractivity contribution < 1.29 is 9.53 Å². The molecule has 7 heteroatoms. The van der Waals surface area contributed by atoms with E-state index in [-0.39, 0.29) is 17.7 Å². The van der Waals surface area contributed by atoms with Crippen LogP contribution in [0.5, 0.6) is 5.88 Å². The van der Waals surface area contributed by atoms with Gasteiger partial charge in [-0.05, 0) is 24.5 Å². The molecular weight excluding hydrogens is 372 g/mol. The predicted molar refractivity (Wildman–Crippen MR) is 112 cm³/mol. The molecule has 0 aliphatic carbocycles. The highest BCUT2D eigenvalue weighted by Crippen LogP contribution is 2.35. The molecule has 28 heavy (non-hydrogen) atoms. The summed E-state index contributed by atoms with van der Waals surface area (Å²) < 4.78 is 5.35. The van der Waals surface area contributed by atoms with Gasteiger partial charge in [0.1, 0.15) is 12.3 Å². The van der Waals surface area contributed by atoms with Crippen LogP contribution in [-0.2, 0) is 12.0 Å². The molecule has 0 bridgehead atoms. The lowest BCUT2D eigenvalue weighted by Crippen LogP contribution is -2.28. The molecule has 3 rings (SSSR count). The van der Waals surface area contributed by atoms with Crippen molar-refractivity contribution in [3.05, 3.63) is 53.5 Å². The summed E-state index contributed by atoms with van der Waals surface area (Å²) in [5.41, 5.74) is 7.83. The van der Waals surface area contributed by atoms with Gasteiger partial charge in [-0.15, -0.1) is 12.3 Å². The minimum absolute atomic E-state index is 0.104. The Kier molecular flexibility index (Phi) is 6.32. The summed E-state index contributed by atoms with van der Waals surface area (Å²) >= 11 is 1.57. The van der Waals surface area contributed by atoms with Gasteiger partial charge in [0, 0.05) is 18.6 Å². The van der Waals surface area contributed by atoms with Gasteiger partial charge in [-0.2, -0.15) is 0 Å². The molecule has 2 heterocycles. The SMILES string of the molecule is C#CCCOc1cnc(C(=O)Cc2cccc([C@]3(C)CCSC(N)=N3)c2)cn1. The van der Waals surface area contributed by atoms with E-state index >= 15 is 0 Å². The summed E-state index contributed by atoms with van der Waals surface area (Å²) in [6, 6.07) is 7.93. The molecular formula is C21H22N4O2S. The molecule has 0 radical (unpaired) electrons. The lowest BCUT2D eigenvalue weighted by Gasteiger charge is -2.30. The highest BCUT2D eigenvalue weighted by molar-refractivity contribution is 8.13. The number of Topliss-reactive ketones (excluding diaryl/α,β-unsaturated/α-hetero) is 1. The van der Waals surface area contributed by atoms with Gasteiger partial charge in [0.25, 0.3) is 0 Å². The number of rotatable bonds is 7. The van der Waals surface area contributed by atoms with E-state index in [1.165, 1.54) is 12.4 Å². The van der Waals surface area contributed by atoms with Crippen molar-refractivity contribution in [3.63, 3.8) is 0 Å². The number of carbonyl (C=O) groups excluding carboxylic acids is 1. The Hall–Kier alpha value is -2.85. The summed E-state index contributed by atoms with van der Waals surface area (Å²) in [4.78, 5) is 25.5. The number of ketones is 1. The van der Waals surface area contributed by atoms with Gasteiger partial charge in [0.2, 0.25) is 5.88 Å². The van der Waals surface area contributed by atoms with E-state index in [0.29, 0.717) is 29.8 Å². The van der Waals surface area contributed by atoms with Crippen molar-refractivity contribution in [2.24, 2.45) is 10.7 Å². The second kappa shape index (κ2) is 8.89. The average Bonchev–Trinajstić information content (AvgIpc) is 2.69. The molecule has 0 saturated heterocycles. The summed E-state index contributed by atoms with van der Waals surface area (Å²) in [6.45, 7) is 2.44. The third-order valence-electron chi connectivity index (χ3n) is 4.52. The van der Waals surface area contributed by atoms with Crippen molar-refractivity contribution >= 4 is 22.7 Å². The number of carbonyl (C=O) groups is 1. The maximum atomic E-state index is 12.6. The number of aliphatic imine (C=N–C) groups is 1. The van der Waals surface area contributed by atoms with Gasteiger partial charge >= 0.3 is 0 Å². The topological polar surface area (TPSA) is 90.5 Å². The van der Waals surface area contributed by atoms with E-state index in [1.54, 1.807) is 11.8 Å². The van der Waals surface area contributed by atoms with Crippen molar-refractivity contribution in [1.82, 2.24) is 9.97 Å². The van der Waals surface area contributed by atoms with Gasteiger partial charge in [0.05, 0.1) is 17.9 Å². The molecule has 1 aromatic carbocycles. The fourth-order valence-electron chi connectivity index (χ4n) is 2.94. The highest BCUT2D eigenvalue weighted by Gasteiger charge is 2.29. The fraction of sp³-hybridized carbons (Fsp3) is 0.333. The first kappa shape index (κ1) is 19.9. The Morgan fingerprint density at radius 2 is 2.25 bits per heavy atom. The quantitative estimate of drug-likeness (QED) is 0.441. The molecule has 1 aliphatic rings. The monoisotopic (exact) mass is 394 g/mol. The Bertz CT molecular complexity index is 921. The van der Waals surface area contributed by atoms with Crippen LogP contribution >= 0.6 is 11.8 Å². The molecule has 0 unspecified atom stereocenters. The van der Waals surface area contributed by atoms with E-state index in [9.17, 15) is 4.79 Å². The maximum absolute atomic E-state index is 12.6. The highest BCUT2D eigenvalue weighted by atomic mass is 32.2. The first-order chi connectivity index (χ1) is 13.5. The van der Waals surface area contributed by atoms with Crippen LogP contribution in [0.4, 0.5) is 0 Å². The van der Waals surface area contributed by atoms with E-state index in [1.807, 2.05) is 24.3 Å². The summed E-state index contributed by atoms with van der Waals surface area (Å²) in [5.74, 6) is 3.67. The molecule has 144 valence electrons. The van der Waals surface area contributed by atoms with Gasteiger partial charge < -0.3 is 10.5 Å². The Morgan fingerprint density at radius 1 is 1.39 bits per heavy atom. The van der Waals surface area contributed by atoms with Gasteiger partial charge in [-0.3, -0.25) is 9.79 Å². The number of thioether (sulfide) groups is 1. The molecule has 0 saturated carbocycles. The predicted octanol–water partition coefficient (Wildman–Crippen LogP) is 2.97. The second-order valence-electron chi connectivity index (χ2n) is 6.67. The normalized spacial score (nSPS) is 18.8. The minimum Gasteiger partial charge on any atom is -0.476 e. The third-order valence-corrected chi connectivity index (χ3v) is 5.31. The number of aromatic nitrogens is 2. The first-order valence-corrected chi connectivity index (χ1v) is 9.98. The van der Waals surface area contributed by atoms with Crippen LogP contribution in [0.15, 0.2) is 41.7 Å². The van der Waals surface area contributed by atoms with Crippen molar-refractivity contribution in [3.8, 4) is 18.2 Å². The van der Waals surface area contributed by atoms with Crippen LogP contribution < -0.4 is 10.5 Å². The van der Waals surface area contributed by atoms with Crippen molar-refractivity contribution in [2.75, 3.05) is 12.4 Å². The Labute approximate surface area is 169 Å². The number of nitrogens with zero attached hydrogens (tertiary/aromatic N) is 3. The number of amidine groups is 1. The first-order valence-electron chi connectivity index (χ1n) is 8.99. The zero-order valence-electron chi connectivity index (χ0n) is 15.7. The smallest absolute Gasteiger partial charge is 0.232 e. The number of benzene rings is 1. The molecule has 0 spiro atoms. The van der Waals surface area contributed by atoms with Crippen LogP contribution in [0.2, 0.25) is 0 Å². The van der Waals surface area contributed by atoms with E-state index in [4.69, 9.17) is 16.9 Å². The zero-order valence-corrected chi connectivity index (χ0v) is 16.5. The molecule has 0 fully saturated rings. The Morgan fingerprint density at radius 3 is 2.96 bits per heavy atom.